The average Bonchev–Trinajstić information content (AvgIpc) is 2.89. The van der Waals surface area contributed by atoms with Crippen molar-refractivity contribution < 1.29 is 8.95 Å². The molecule has 0 radical (unpaired) electrons. The lowest BCUT2D eigenvalue weighted by Crippen LogP contribution is -1.97. The zero-order chi connectivity index (χ0) is 14.7. The first-order valence-electron chi connectivity index (χ1n) is 5.55. The second-order valence-corrected chi connectivity index (χ2v) is 8.22. The predicted molar refractivity (Wildman–Crippen MR) is 88.8 cm³/mol. The number of hydrogen-bond acceptors (Lipinski definition) is 5. The number of rotatable bonds is 4. The second-order valence-electron chi connectivity index (χ2n) is 3.73. The molecule has 1 N–H and O–H groups in total. The Morgan fingerprint density at radius 2 is 2.20 bits per heavy atom. The summed E-state index contributed by atoms with van der Waals surface area (Å²) in [6.45, 7) is 0. The Morgan fingerprint density at radius 3 is 2.80 bits per heavy atom. The van der Waals surface area contributed by atoms with E-state index in [1.165, 1.54) is 30.2 Å². The second kappa shape index (κ2) is 6.89. The van der Waals surface area contributed by atoms with E-state index in [9.17, 15) is 4.21 Å². The highest BCUT2D eigenvalue weighted by molar-refractivity contribution is 9.10. The maximum Gasteiger partial charge on any atom is 0.223 e. The van der Waals surface area contributed by atoms with Gasteiger partial charge in [0.2, 0.25) is 5.90 Å². The third kappa shape index (κ3) is 3.33. The summed E-state index contributed by atoms with van der Waals surface area (Å²) in [4.78, 5) is 2.16. The van der Waals surface area contributed by atoms with Gasteiger partial charge in [0.25, 0.3) is 0 Å². The van der Waals surface area contributed by atoms with Gasteiger partial charge in [0.15, 0.2) is 0 Å². The minimum atomic E-state index is -1.26. The maximum absolute atomic E-state index is 12.7. The Labute approximate surface area is 136 Å². The van der Waals surface area contributed by atoms with E-state index < -0.39 is 10.8 Å². The lowest BCUT2D eigenvalue weighted by atomic mass is 10.4. The number of hydrogen-bond donors (Lipinski definition) is 1. The lowest BCUT2D eigenvalue weighted by molar-refractivity contribution is 0.402. The molecule has 1 aromatic heterocycles. The molecular formula is C13H12BrNO2S3. The number of benzene rings is 1. The van der Waals surface area contributed by atoms with Crippen LogP contribution in [-0.4, -0.2) is 23.5 Å². The van der Waals surface area contributed by atoms with Gasteiger partial charge < -0.3 is 4.74 Å². The lowest BCUT2D eigenvalue weighted by Gasteiger charge is -2.02. The van der Waals surface area contributed by atoms with Crippen LogP contribution in [0.5, 0.6) is 0 Å². The van der Waals surface area contributed by atoms with Gasteiger partial charge in [-0.05, 0) is 30.5 Å². The Balaban J connectivity index is 2.43. The van der Waals surface area contributed by atoms with Gasteiger partial charge in [-0.15, -0.1) is 23.1 Å². The van der Waals surface area contributed by atoms with E-state index in [-0.39, 0.29) is 5.90 Å². The Kier molecular flexibility index (Phi) is 5.42. The molecule has 0 saturated heterocycles. The molecule has 1 atom stereocenters. The highest BCUT2D eigenvalue weighted by Gasteiger charge is 2.18. The van der Waals surface area contributed by atoms with Gasteiger partial charge in [0, 0.05) is 9.37 Å². The highest BCUT2D eigenvalue weighted by Crippen LogP contribution is 2.35. The molecule has 0 bridgehead atoms. The number of nitrogens with one attached hydrogen (secondary N) is 1. The van der Waals surface area contributed by atoms with Crippen molar-refractivity contribution in [2.24, 2.45) is 0 Å². The predicted octanol–water partition coefficient (Wildman–Crippen LogP) is 4.37. The minimum absolute atomic E-state index is 0.0998. The highest BCUT2D eigenvalue weighted by atomic mass is 79.9. The summed E-state index contributed by atoms with van der Waals surface area (Å²) in [6.07, 6.45) is 1.94. The van der Waals surface area contributed by atoms with Gasteiger partial charge in [-0.1, -0.05) is 22.0 Å². The zero-order valence-corrected chi connectivity index (χ0v) is 14.8. The largest absolute Gasteiger partial charge is 0.480 e. The first kappa shape index (κ1) is 15.8. The Morgan fingerprint density at radius 1 is 1.45 bits per heavy atom. The van der Waals surface area contributed by atoms with Crippen molar-refractivity contribution in [3.05, 3.63) is 39.7 Å². The molecule has 7 heteroatoms. The number of methoxy groups -OCH3 is 1. The third-order valence-corrected chi connectivity index (χ3v) is 6.91. The van der Waals surface area contributed by atoms with Crippen LogP contribution in [0, 0.1) is 5.41 Å². The molecule has 0 saturated carbocycles. The van der Waals surface area contributed by atoms with Crippen LogP contribution in [0.3, 0.4) is 0 Å². The van der Waals surface area contributed by atoms with E-state index in [1.807, 2.05) is 30.5 Å². The molecule has 3 nitrogen and oxygen atoms in total. The van der Waals surface area contributed by atoms with Crippen LogP contribution in [0.2, 0.25) is 0 Å². The van der Waals surface area contributed by atoms with Gasteiger partial charge >= 0.3 is 0 Å². The molecule has 1 unspecified atom stereocenters. The Bertz CT molecular complexity index is 669. The third-order valence-electron chi connectivity index (χ3n) is 2.49. The molecule has 1 heterocycles. The molecular weight excluding hydrogens is 378 g/mol. The summed E-state index contributed by atoms with van der Waals surface area (Å²) >= 11 is 6.35. The first-order valence-corrected chi connectivity index (χ1v) is 9.53. The first-order chi connectivity index (χ1) is 9.56. The van der Waals surface area contributed by atoms with Gasteiger partial charge in [0.05, 0.1) is 31.9 Å². The SMILES string of the molecule is COC(=N)c1cc(S(=O)c2cccc(Br)c2)c(SC)s1. The molecule has 2 aromatic rings. The van der Waals surface area contributed by atoms with E-state index >= 15 is 0 Å². The molecule has 0 spiro atoms. The van der Waals surface area contributed by atoms with Crippen molar-refractivity contribution in [3.63, 3.8) is 0 Å². The quantitative estimate of drug-likeness (QED) is 0.479. The maximum atomic E-state index is 12.7. The van der Waals surface area contributed by atoms with E-state index in [0.29, 0.717) is 4.88 Å². The molecule has 0 aliphatic rings. The van der Waals surface area contributed by atoms with Crippen LogP contribution in [0.15, 0.2) is 48.8 Å². The standard InChI is InChI=1S/C13H12BrNO2S3/c1-17-12(15)10-7-11(13(18-2)19-10)20(16)9-5-3-4-8(14)6-9/h3-7,15H,1-2H3. The van der Waals surface area contributed by atoms with Crippen LogP contribution in [0.4, 0.5) is 0 Å². The Hall–Kier alpha value is -0.630. The van der Waals surface area contributed by atoms with Crippen molar-refractivity contribution in [1.29, 1.82) is 5.41 Å². The summed E-state index contributed by atoms with van der Waals surface area (Å²) in [6, 6.07) is 9.22. The monoisotopic (exact) mass is 389 g/mol. The van der Waals surface area contributed by atoms with Gasteiger partial charge in [-0.3, -0.25) is 5.41 Å². The number of ether oxygens (including phenoxy) is 1. The summed E-state index contributed by atoms with van der Waals surface area (Å²) in [7, 11) is 0.205. The van der Waals surface area contributed by atoms with Crippen LogP contribution in [0.1, 0.15) is 4.88 Å². The molecule has 20 heavy (non-hydrogen) atoms. The molecule has 2 rings (SSSR count). The average molecular weight is 390 g/mol. The molecule has 106 valence electrons. The smallest absolute Gasteiger partial charge is 0.223 e. The molecule has 0 aliphatic heterocycles. The summed E-state index contributed by atoms with van der Waals surface area (Å²) < 4.78 is 19.4. The van der Waals surface area contributed by atoms with Crippen LogP contribution >= 0.6 is 39.0 Å². The van der Waals surface area contributed by atoms with Gasteiger partial charge in [0.1, 0.15) is 0 Å². The number of thioether (sulfide) groups is 1. The van der Waals surface area contributed by atoms with Gasteiger partial charge in [-0.25, -0.2) is 4.21 Å². The summed E-state index contributed by atoms with van der Waals surface area (Å²) in [5, 5.41) is 7.72. The van der Waals surface area contributed by atoms with E-state index in [2.05, 4.69) is 15.9 Å². The summed E-state index contributed by atoms with van der Waals surface area (Å²) in [5.74, 6) is 0.0998. The normalized spacial score (nSPS) is 12.2. The van der Waals surface area contributed by atoms with Crippen molar-refractivity contribution >= 4 is 55.7 Å². The number of halogens is 1. The molecule has 0 aliphatic carbocycles. The van der Waals surface area contributed by atoms with Crippen LogP contribution < -0.4 is 0 Å². The number of thiophene rings is 1. The van der Waals surface area contributed by atoms with Crippen molar-refractivity contribution in [2.75, 3.05) is 13.4 Å². The van der Waals surface area contributed by atoms with Crippen molar-refractivity contribution in [2.45, 2.75) is 14.0 Å². The topological polar surface area (TPSA) is 50.1 Å². The fourth-order valence-electron chi connectivity index (χ4n) is 1.55. The zero-order valence-electron chi connectivity index (χ0n) is 10.8. The molecule has 0 fully saturated rings. The van der Waals surface area contributed by atoms with Crippen LogP contribution in [-0.2, 0) is 15.5 Å². The van der Waals surface area contributed by atoms with E-state index in [0.717, 1.165) is 18.5 Å². The van der Waals surface area contributed by atoms with Gasteiger partial charge in [-0.2, -0.15) is 0 Å². The molecule has 0 amide bonds. The fraction of sp³-hybridized carbons (Fsp3) is 0.154. The minimum Gasteiger partial charge on any atom is -0.480 e. The van der Waals surface area contributed by atoms with E-state index in [1.54, 1.807) is 6.07 Å². The fourth-order valence-corrected chi connectivity index (χ4v) is 5.65. The van der Waals surface area contributed by atoms with Crippen LogP contribution in [0.25, 0.3) is 0 Å². The summed E-state index contributed by atoms with van der Waals surface area (Å²) in [5.41, 5.74) is 0. The van der Waals surface area contributed by atoms with Crippen molar-refractivity contribution in [3.8, 4) is 0 Å². The van der Waals surface area contributed by atoms with E-state index in [4.69, 9.17) is 10.1 Å². The van der Waals surface area contributed by atoms with Crippen molar-refractivity contribution in [1.82, 2.24) is 0 Å². The molecule has 1 aromatic carbocycles.